The molecule has 1 unspecified atom stereocenters. The lowest BCUT2D eigenvalue weighted by atomic mass is 9.99. The molecule has 5 heteroatoms. The van der Waals surface area contributed by atoms with Crippen molar-refractivity contribution in [3.63, 3.8) is 0 Å². The van der Waals surface area contributed by atoms with Gasteiger partial charge in [-0.3, -0.25) is 4.90 Å². The van der Waals surface area contributed by atoms with Gasteiger partial charge >= 0.3 is 6.61 Å². The molecule has 2 rings (SSSR count). The molecule has 0 spiro atoms. The summed E-state index contributed by atoms with van der Waals surface area (Å²) in [5, 5.41) is 3.59. The second-order valence-corrected chi connectivity index (χ2v) is 5.90. The molecule has 3 atom stereocenters. The van der Waals surface area contributed by atoms with Crippen LogP contribution in [-0.4, -0.2) is 36.7 Å². The highest BCUT2D eigenvalue weighted by Crippen LogP contribution is 2.28. The summed E-state index contributed by atoms with van der Waals surface area (Å²) in [6.07, 6.45) is 2.21. The summed E-state index contributed by atoms with van der Waals surface area (Å²) in [5.41, 5.74) is 1.14. The Labute approximate surface area is 131 Å². The predicted octanol–water partition coefficient (Wildman–Crippen LogP) is 3.81. The number of piperazine rings is 1. The van der Waals surface area contributed by atoms with E-state index in [9.17, 15) is 8.78 Å². The highest BCUT2D eigenvalue weighted by molar-refractivity contribution is 5.29. The quantitative estimate of drug-likeness (QED) is 0.864. The standard InChI is InChI=1S/C17H26F2N2O/c1-4-14-11-21(15(5-2)10-20-14)12(3)13-6-8-16(9-7-13)22-17(18)19/h6-9,12,14-15,17,20H,4-5,10-11H2,1-3H3/t12?,14-,15+/m0/s1. The van der Waals surface area contributed by atoms with Crippen molar-refractivity contribution in [1.29, 1.82) is 0 Å². The van der Waals surface area contributed by atoms with Crippen molar-refractivity contribution in [2.75, 3.05) is 13.1 Å². The highest BCUT2D eigenvalue weighted by atomic mass is 19.3. The second kappa shape index (κ2) is 7.88. The molecule has 1 aliphatic rings. The molecule has 1 saturated heterocycles. The second-order valence-electron chi connectivity index (χ2n) is 5.90. The minimum Gasteiger partial charge on any atom is -0.435 e. The molecule has 0 radical (unpaired) electrons. The van der Waals surface area contributed by atoms with E-state index < -0.39 is 6.61 Å². The average Bonchev–Trinajstić information content (AvgIpc) is 2.53. The van der Waals surface area contributed by atoms with E-state index in [0.717, 1.165) is 31.5 Å². The maximum atomic E-state index is 12.2. The van der Waals surface area contributed by atoms with E-state index in [1.165, 1.54) is 0 Å². The van der Waals surface area contributed by atoms with Gasteiger partial charge in [-0.1, -0.05) is 26.0 Å². The van der Waals surface area contributed by atoms with Crippen LogP contribution in [0.4, 0.5) is 8.78 Å². The molecule has 1 N–H and O–H groups in total. The third-order valence-corrected chi connectivity index (χ3v) is 4.59. The molecule has 0 amide bonds. The maximum Gasteiger partial charge on any atom is 0.387 e. The summed E-state index contributed by atoms with van der Waals surface area (Å²) < 4.78 is 28.8. The van der Waals surface area contributed by atoms with E-state index >= 15 is 0 Å². The van der Waals surface area contributed by atoms with Gasteiger partial charge in [-0.25, -0.2) is 0 Å². The molecule has 1 aromatic carbocycles. The van der Waals surface area contributed by atoms with Gasteiger partial charge in [-0.15, -0.1) is 0 Å². The van der Waals surface area contributed by atoms with Crippen LogP contribution in [0.25, 0.3) is 0 Å². The van der Waals surface area contributed by atoms with E-state index in [4.69, 9.17) is 0 Å². The van der Waals surface area contributed by atoms with Crippen molar-refractivity contribution in [3.8, 4) is 5.75 Å². The molecule has 0 aromatic heterocycles. The summed E-state index contributed by atoms with van der Waals surface area (Å²) in [7, 11) is 0. The summed E-state index contributed by atoms with van der Waals surface area (Å²) in [5.74, 6) is 0.213. The van der Waals surface area contributed by atoms with Crippen LogP contribution >= 0.6 is 0 Å². The first kappa shape index (κ1) is 17.2. The van der Waals surface area contributed by atoms with E-state index in [-0.39, 0.29) is 11.8 Å². The van der Waals surface area contributed by atoms with E-state index in [1.807, 2.05) is 12.1 Å². The Balaban J connectivity index is 2.09. The lowest BCUT2D eigenvalue weighted by Gasteiger charge is -2.43. The number of hydrogen-bond donors (Lipinski definition) is 1. The van der Waals surface area contributed by atoms with Crippen molar-refractivity contribution >= 4 is 0 Å². The molecule has 1 aromatic rings. The Morgan fingerprint density at radius 3 is 2.45 bits per heavy atom. The minimum atomic E-state index is -2.77. The molecule has 0 saturated carbocycles. The molecule has 1 heterocycles. The summed E-state index contributed by atoms with van der Waals surface area (Å²) in [6.45, 7) is 5.84. The molecular weight excluding hydrogens is 286 g/mol. The number of halogens is 2. The topological polar surface area (TPSA) is 24.5 Å². The zero-order valence-corrected chi connectivity index (χ0v) is 13.6. The number of ether oxygens (including phenoxy) is 1. The SMILES string of the molecule is CC[C@H]1CN(C(C)c2ccc(OC(F)F)cc2)[C@H](CC)CN1. The van der Waals surface area contributed by atoms with E-state index in [1.54, 1.807) is 12.1 Å². The Morgan fingerprint density at radius 2 is 1.91 bits per heavy atom. The predicted molar refractivity (Wildman–Crippen MR) is 84.4 cm³/mol. The molecule has 0 bridgehead atoms. The van der Waals surface area contributed by atoms with Crippen LogP contribution < -0.4 is 10.1 Å². The number of hydrogen-bond acceptors (Lipinski definition) is 3. The normalized spacial score (nSPS) is 24.5. The van der Waals surface area contributed by atoms with Gasteiger partial charge in [0.15, 0.2) is 0 Å². The average molecular weight is 312 g/mol. The molecule has 1 aliphatic heterocycles. The van der Waals surface area contributed by atoms with Crippen molar-refractivity contribution in [2.45, 2.75) is 58.3 Å². The van der Waals surface area contributed by atoms with Crippen molar-refractivity contribution in [1.82, 2.24) is 10.2 Å². The third kappa shape index (κ3) is 4.17. The molecule has 22 heavy (non-hydrogen) atoms. The molecular formula is C17H26F2N2O. The van der Waals surface area contributed by atoms with Gasteiger partial charge in [0.05, 0.1) is 0 Å². The summed E-state index contributed by atoms with van der Waals surface area (Å²) in [6, 6.07) is 8.32. The van der Waals surface area contributed by atoms with Crippen LogP contribution in [0.2, 0.25) is 0 Å². The summed E-state index contributed by atoms with van der Waals surface area (Å²) in [4.78, 5) is 2.52. The highest BCUT2D eigenvalue weighted by Gasteiger charge is 2.29. The zero-order chi connectivity index (χ0) is 16.1. The van der Waals surface area contributed by atoms with Crippen LogP contribution in [0.1, 0.15) is 45.2 Å². The van der Waals surface area contributed by atoms with Crippen molar-refractivity contribution < 1.29 is 13.5 Å². The van der Waals surface area contributed by atoms with Crippen LogP contribution in [0.3, 0.4) is 0 Å². The maximum absolute atomic E-state index is 12.2. The Kier molecular flexibility index (Phi) is 6.15. The van der Waals surface area contributed by atoms with Gasteiger partial charge in [0.2, 0.25) is 0 Å². The summed E-state index contributed by atoms with van der Waals surface area (Å²) >= 11 is 0. The lowest BCUT2D eigenvalue weighted by molar-refractivity contribution is -0.0498. The number of nitrogens with zero attached hydrogens (tertiary/aromatic N) is 1. The number of nitrogens with one attached hydrogen (secondary N) is 1. The molecule has 124 valence electrons. The fraction of sp³-hybridized carbons (Fsp3) is 0.647. The van der Waals surface area contributed by atoms with Crippen LogP contribution in [0, 0.1) is 0 Å². The van der Waals surface area contributed by atoms with E-state index in [0.29, 0.717) is 12.1 Å². The number of benzene rings is 1. The van der Waals surface area contributed by atoms with Crippen LogP contribution in [0.5, 0.6) is 5.75 Å². The molecule has 0 aliphatic carbocycles. The van der Waals surface area contributed by atoms with Gasteiger partial charge in [-0.05, 0) is 37.5 Å². The third-order valence-electron chi connectivity index (χ3n) is 4.59. The van der Waals surface area contributed by atoms with Crippen LogP contribution in [0.15, 0.2) is 24.3 Å². The van der Waals surface area contributed by atoms with E-state index in [2.05, 4.69) is 35.7 Å². The van der Waals surface area contributed by atoms with Gasteiger partial charge in [0, 0.05) is 31.2 Å². The monoisotopic (exact) mass is 312 g/mol. The number of alkyl halides is 2. The first-order chi connectivity index (χ1) is 10.5. The van der Waals surface area contributed by atoms with Gasteiger partial charge in [0.1, 0.15) is 5.75 Å². The zero-order valence-electron chi connectivity index (χ0n) is 13.6. The number of rotatable bonds is 6. The van der Waals surface area contributed by atoms with Crippen molar-refractivity contribution in [2.24, 2.45) is 0 Å². The Morgan fingerprint density at radius 1 is 1.23 bits per heavy atom. The van der Waals surface area contributed by atoms with Gasteiger partial charge in [-0.2, -0.15) is 8.78 Å². The smallest absolute Gasteiger partial charge is 0.387 e. The van der Waals surface area contributed by atoms with Crippen LogP contribution in [-0.2, 0) is 0 Å². The molecule has 3 nitrogen and oxygen atoms in total. The first-order valence-electron chi connectivity index (χ1n) is 8.09. The molecule has 1 fully saturated rings. The fourth-order valence-electron chi connectivity index (χ4n) is 3.13. The van der Waals surface area contributed by atoms with Gasteiger partial charge < -0.3 is 10.1 Å². The Hall–Kier alpha value is -1.20. The first-order valence-corrected chi connectivity index (χ1v) is 8.09. The lowest BCUT2D eigenvalue weighted by Crippen LogP contribution is -2.56. The van der Waals surface area contributed by atoms with Gasteiger partial charge in [0.25, 0.3) is 0 Å². The fourth-order valence-corrected chi connectivity index (χ4v) is 3.13. The Bertz CT molecular complexity index is 452. The van der Waals surface area contributed by atoms with Crippen molar-refractivity contribution in [3.05, 3.63) is 29.8 Å². The largest absolute Gasteiger partial charge is 0.435 e. The minimum absolute atomic E-state index is 0.213.